The lowest BCUT2D eigenvalue weighted by molar-refractivity contribution is 0.281. The van der Waals surface area contributed by atoms with Crippen LogP contribution in [0, 0.1) is 0 Å². The summed E-state index contributed by atoms with van der Waals surface area (Å²) in [6, 6.07) is 0.702. The Balaban J connectivity index is 3.33. The minimum atomic E-state index is 0.327. The van der Waals surface area contributed by atoms with E-state index in [4.69, 9.17) is 5.11 Å². The molecule has 0 amide bonds. The first-order valence-electron chi connectivity index (χ1n) is 5.69. The number of aliphatic hydroxyl groups excluding tert-OH is 1. The van der Waals surface area contributed by atoms with Gasteiger partial charge in [0.15, 0.2) is 0 Å². The molecule has 0 bridgehead atoms. The molecule has 0 fully saturated rings. The Bertz CT molecular complexity index is 90.1. The highest BCUT2D eigenvalue weighted by atomic mass is 16.2. The molecule has 0 aliphatic carbocycles. The van der Waals surface area contributed by atoms with Gasteiger partial charge in [-0.15, -0.1) is 0 Å². The molecule has 0 radical (unpaired) electrons. The minimum absolute atomic E-state index is 0.327. The highest BCUT2D eigenvalue weighted by molar-refractivity contribution is 4.65. The molecular formula is C11H25NO. The van der Waals surface area contributed by atoms with Crippen LogP contribution in [-0.4, -0.2) is 24.3 Å². The predicted molar refractivity (Wildman–Crippen MR) is 57.9 cm³/mol. The van der Waals surface area contributed by atoms with Crippen molar-refractivity contribution in [1.29, 1.82) is 0 Å². The molecule has 0 spiro atoms. The molecule has 13 heavy (non-hydrogen) atoms. The van der Waals surface area contributed by atoms with Gasteiger partial charge >= 0.3 is 0 Å². The molecule has 0 rings (SSSR count). The van der Waals surface area contributed by atoms with Crippen molar-refractivity contribution < 1.29 is 5.11 Å². The highest BCUT2D eigenvalue weighted by Gasteiger charge is 2.03. The summed E-state index contributed by atoms with van der Waals surface area (Å²) in [5, 5.41) is 12.2. The number of nitrogens with one attached hydrogen (secondary N) is 1. The largest absolute Gasteiger partial charge is 0.396 e. The van der Waals surface area contributed by atoms with E-state index in [1.165, 1.54) is 25.7 Å². The standard InChI is InChI=1S/C11H25NO/c1-3-7-11(8-4-2)12-9-5-6-10-13/h11-13H,3-10H2,1-2H3. The molecule has 2 nitrogen and oxygen atoms in total. The van der Waals surface area contributed by atoms with Crippen LogP contribution in [0.5, 0.6) is 0 Å². The molecule has 2 heteroatoms. The fourth-order valence-corrected chi connectivity index (χ4v) is 1.59. The Morgan fingerprint density at radius 1 is 1.08 bits per heavy atom. The molecule has 0 saturated heterocycles. The monoisotopic (exact) mass is 187 g/mol. The van der Waals surface area contributed by atoms with Gasteiger partial charge < -0.3 is 10.4 Å². The second kappa shape index (κ2) is 10.0. The fraction of sp³-hybridized carbons (Fsp3) is 1.00. The van der Waals surface area contributed by atoms with E-state index in [-0.39, 0.29) is 0 Å². The Hall–Kier alpha value is -0.0800. The molecule has 0 aromatic carbocycles. The molecule has 80 valence electrons. The van der Waals surface area contributed by atoms with Crippen LogP contribution >= 0.6 is 0 Å². The molecule has 0 aliphatic rings. The summed E-state index contributed by atoms with van der Waals surface area (Å²) >= 11 is 0. The van der Waals surface area contributed by atoms with Gasteiger partial charge in [-0.25, -0.2) is 0 Å². The molecule has 0 aliphatic heterocycles. The second-order valence-corrected chi connectivity index (χ2v) is 3.66. The summed E-state index contributed by atoms with van der Waals surface area (Å²) in [4.78, 5) is 0. The van der Waals surface area contributed by atoms with Crippen LogP contribution in [0.15, 0.2) is 0 Å². The summed E-state index contributed by atoms with van der Waals surface area (Å²) in [5.74, 6) is 0. The van der Waals surface area contributed by atoms with Gasteiger partial charge in [-0.05, 0) is 32.2 Å². The Labute approximate surface area is 82.7 Å². The van der Waals surface area contributed by atoms with Gasteiger partial charge in [0.25, 0.3) is 0 Å². The first-order chi connectivity index (χ1) is 6.35. The van der Waals surface area contributed by atoms with Crippen molar-refractivity contribution in [3.8, 4) is 0 Å². The summed E-state index contributed by atoms with van der Waals surface area (Å²) in [5.41, 5.74) is 0. The Morgan fingerprint density at radius 2 is 1.69 bits per heavy atom. The molecule has 0 atom stereocenters. The van der Waals surface area contributed by atoms with Gasteiger partial charge in [0.2, 0.25) is 0 Å². The maximum absolute atomic E-state index is 8.61. The second-order valence-electron chi connectivity index (χ2n) is 3.66. The maximum atomic E-state index is 8.61. The smallest absolute Gasteiger partial charge is 0.0431 e. The predicted octanol–water partition coefficient (Wildman–Crippen LogP) is 2.32. The van der Waals surface area contributed by atoms with Crippen molar-refractivity contribution in [2.75, 3.05) is 13.2 Å². The lowest BCUT2D eigenvalue weighted by Crippen LogP contribution is -2.29. The van der Waals surface area contributed by atoms with E-state index in [0.717, 1.165) is 19.4 Å². The topological polar surface area (TPSA) is 32.3 Å². The molecular weight excluding hydrogens is 162 g/mol. The van der Waals surface area contributed by atoms with Crippen LogP contribution in [0.1, 0.15) is 52.4 Å². The third-order valence-corrected chi connectivity index (χ3v) is 2.29. The zero-order chi connectivity index (χ0) is 9.94. The lowest BCUT2D eigenvalue weighted by Gasteiger charge is -2.16. The van der Waals surface area contributed by atoms with Crippen molar-refractivity contribution in [2.45, 2.75) is 58.4 Å². The van der Waals surface area contributed by atoms with E-state index < -0.39 is 0 Å². The maximum Gasteiger partial charge on any atom is 0.0431 e. The van der Waals surface area contributed by atoms with E-state index in [1.54, 1.807) is 0 Å². The van der Waals surface area contributed by atoms with E-state index in [2.05, 4.69) is 19.2 Å². The number of hydrogen-bond donors (Lipinski definition) is 2. The van der Waals surface area contributed by atoms with Gasteiger partial charge in [-0.1, -0.05) is 26.7 Å². The van der Waals surface area contributed by atoms with Crippen molar-refractivity contribution in [1.82, 2.24) is 5.32 Å². The first-order valence-corrected chi connectivity index (χ1v) is 5.69. The van der Waals surface area contributed by atoms with E-state index in [1.807, 2.05) is 0 Å². The zero-order valence-corrected chi connectivity index (χ0v) is 9.18. The zero-order valence-electron chi connectivity index (χ0n) is 9.18. The summed E-state index contributed by atoms with van der Waals surface area (Å²) in [6.07, 6.45) is 7.12. The normalized spacial score (nSPS) is 11.1. The number of unbranched alkanes of at least 4 members (excludes halogenated alkanes) is 1. The van der Waals surface area contributed by atoms with Crippen LogP contribution in [-0.2, 0) is 0 Å². The third-order valence-electron chi connectivity index (χ3n) is 2.29. The summed E-state index contributed by atoms with van der Waals surface area (Å²) in [7, 11) is 0. The van der Waals surface area contributed by atoms with Crippen LogP contribution in [0.3, 0.4) is 0 Å². The average molecular weight is 187 g/mol. The van der Waals surface area contributed by atoms with E-state index in [0.29, 0.717) is 12.6 Å². The summed E-state index contributed by atoms with van der Waals surface area (Å²) in [6.45, 7) is 5.86. The number of rotatable bonds is 9. The van der Waals surface area contributed by atoms with Gasteiger partial charge in [0.1, 0.15) is 0 Å². The van der Waals surface area contributed by atoms with Gasteiger partial charge in [0, 0.05) is 12.6 Å². The fourth-order valence-electron chi connectivity index (χ4n) is 1.59. The highest BCUT2D eigenvalue weighted by Crippen LogP contribution is 2.04. The molecule has 0 unspecified atom stereocenters. The van der Waals surface area contributed by atoms with Crippen molar-refractivity contribution in [3.63, 3.8) is 0 Å². The molecule has 0 aromatic rings. The van der Waals surface area contributed by atoms with Crippen LogP contribution in [0.2, 0.25) is 0 Å². The van der Waals surface area contributed by atoms with Gasteiger partial charge in [0.05, 0.1) is 0 Å². The molecule has 0 heterocycles. The van der Waals surface area contributed by atoms with E-state index in [9.17, 15) is 0 Å². The van der Waals surface area contributed by atoms with Crippen LogP contribution < -0.4 is 5.32 Å². The van der Waals surface area contributed by atoms with E-state index >= 15 is 0 Å². The molecule has 0 aromatic heterocycles. The summed E-state index contributed by atoms with van der Waals surface area (Å²) < 4.78 is 0. The molecule has 2 N–H and O–H groups in total. The van der Waals surface area contributed by atoms with Crippen molar-refractivity contribution in [2.24, 2.45) is 0 Å². The third kappa shape index (κ3) is 8.26. The average Bonchev–Trinajstić information content (AvgIpc) is 2.13. The van der Waals surface area contributed by atoms with Crippen LogP contribution in [0.4, 0.5) is 0 Å². The van der Waals surface area contributed by atoms with Crippen molar-refractivity contribution >= 4 is 0 Å². The quantitative estimate of drug-likeness (QED) is 0.543. The number of aliphatic hydroxyl groups is 1. The minimum Gasteiger partial charge on any atom is -0.396 e. The van der Waals surface area contributed by atoms with Gasteiger partial charge in [-0.2, -0.15) is 0 Å². The number of hydrogen-bond acceptors (Lipinski definition) is 2. The Morgan fingerprint density at radius 3 is 2.15 bits per heavy atom. The van der Waals surface area contributed by atoms with Crippen molar-refractivity contribution in [3.05, 3.63) is 0 Å². The SMILES string of the molecule is CCCC(CCC)NCCCCO. The molecule has 0 saturated carbocycles. The first kappa shape index (κ1) is 12.9. The lowest BCUT2D eigenvalue weighted by atomic mass is 10.1. The Kier molecular flexibility index (Phi) is 9.94. The van der Waals surface area contributed by atoms with Crippen LogP contribution in [0.25, 0.3) is 0 Å². The van der Waals surface area contributed by atoms with Gasteiger partial charge in [-0.3, -0.25) is 0 Å².